The minimum Gasteiger partial charge on any atom is -0.372 e. The SMILES string of the molecule is CC(NC(=O)N1Cc2ccccc2N(C)CC1C)c1ccccn1. The second-order valence-corrected chi connectivity index (χ2v) is 6.41. The van der Waals surface area contributed by atoms with E-state index < -0.39 is 0 Å². The lowest BCUT2D eigenvalue weighted by Gasteiger charge is -2.29. The van der Waals surface area contributed by atoms with Gasteiger partial charge in [-0.3, -0.25) is 4.98 Å². The van der Waals surface area contributed by atoms with E-state index in [-0.39, 0.29) is 18.1 Å². The first-order valence-electron chi connectivity index (χ1n) is 8.33. The van der Waals surface area contributed by atoms with Crippen molar-refractivity contribution in [2.24, 2.45) is 0 Å². The highest BCUT2D eigenvalue weighted by molar-refractivity contribution is 5.76. The summed E-state index contributed by atoms with van der Waals surface area (Å²) in [6.45, 7) is 5.47. The second kappa shape index (κ2) is 6.91. The van der Waals surface area contributed by atoms with E-state index in [0.29, 0.717) is 6.54 Å². The number of rotatable bonds is 2. The zero-order valence-electron chi connectivity index (χ0n) is 14.4. The van der Waals surface area contributed by atoms with Crippen molar-refractivity contribution in [2.45, 2.75) is 32.5 Å². The Bertz CT molecular complexity index is 704. The molecule has 0 spiro atoms. The average Bonchev–Trinajstić information content (AvgIpc) is 2.72. The fraction of sp³-hybridized carbons (Fsp3) is 0.368. The number of aromatic nitrogens is 1. The first kappa shape index (κ1) is 16.3. The molecule has 3 rings (SSSR count). The van der Waals surface area contributed by atoms with Crippen LogP contribution in [-0.4, -0.2) is 35.5 Å². The van der Waals surface area contributed by atoms with E-state index in [1.165, 1.54) is 11.3 Å². The number of hydrogen-bond donors (Lipinski definition) is 1. The summed E-state index contributed by atoms with van der Waals surface area (Å²) >= 11 is 0. The zero-order chi connectivity index (χ0) is 17.1. The summed E-state index contributed by atoms with van der Waals surface area (Å²) in [4.78, 5) is 21.3. The van der Waals surface area contributed by atoms with E-state index in [2.05, 4.69) is 41.3 Å². The van der Waals surface area contributed by atoms with Crippen LogP contribution in [0.2, 0.25) is 0 Å². The van der Waals surface area contributed by atoms with Gasteiger partial charge in [-0.05, 0) is 37.6 Å². The molecule has 1 aromatic heterocycles. The molecule has 1 aliphatic heterocycles. The molecule has 0 fully saturated rings. The molecule has 0 bridgehead atoms. The molecule has 1 aliphatic rings. The third kappa shape index (κ3) is 3.35. The van der Waals surface area contributed by atoms with Gasteiger partial charge in [0.1, 0.15) is 0 Å². The number of anilines is 1. The van der Waals surface area contributed by atoms with E-state index in [1.807, 2.05) is 42.2 Å². The number of urea groups is 1. The van der Waals surface area contributed by atoms with Crippen LogP contribution in [0, 0.1) is 0 Å². The molecule has 2 heterocycles. The molecule has 0 aliphatic carbocycles. The molecule has 2 unspecified atom stereocenters. The summed E-state index contributed by atoms with van der Waals surface area (Å²) in [6, 6.07) is 14.0. The number of para-hydroxylation sites is 1. The highest BCUT2D eigenvalue weighted by Crippen LogP contribution is 2.26. The van der Waals surface area contributed by atoms with Gasteiger partial charge in [-0.1, -0.05) is 24.3 Å². The van der Waals surface area contributed by atoms with Crippen LogP contribution in [0.15, 0.2) is 48.7 Å². The average molecular weight is 324 g/mol. The van der Waals surface area contributed by atoms with Crippen LogP contribution in [0.25, 0.3) is 0 Å². The summed E-state index contributed by atoms with van der Waals surface area (Å²) in [6.07, 6.45) is 1.75. The highest BCUT2D eigenvalue weighted by Gasteiger charge is 2.27. The number of nitrogens with one attached hydrogen (secondary N) is 1. The maximum Gasteiger partial charge on any atom is 0.318 e. The molecule has 24 heavy (non-hydrogen) atoms. The number of pyridine rings is 1. The van der Waals surface area contributed by atoms with Crippen molar-refractivity contribution in [3.8, 4) is 0 Å². The Balaban J connectivity index is 1.77. The number of amides is 2. The van der Waals surface area contributed by atoms with E-state index in [9.17, 15) is 4.79 Å². The standard InChI is InChI=1S/C19H24N4O/c1-14-12-22(3)18-10-5-4-8-16(18)13-23(14)19(24)21-15(2)17-9-6-7-11-20-17/h4-11,14-15H,12-13H2,1-3H3,(H,21,24). The van der Waals surface area contributed by atoms with Gasteiger partial charge in [0, 0.05) is 38.1 Å². The van der Waals surface area contributed by atoms with E-state index in [4.69, 9.17) is 0 Å². The van der Waals surface area contributed by atoms with Crippen molar-refractivity contribution < 1.29 is 4.79 Å². The van der Waals surface area contributed by atoms with Crippen LogP contribution >= 0.6 is 0 Å². The van der Waals surface area contributed by atoms with Crippen molar-refractivity contribution in [3.05, 3.63) is 59.9 Å². The largest absolute Gasteiger partial charge is 0.372 e. The minimum absolute atomic E-state index is 0.0502. The lowest BCUT2D eigenvalue weighted by Crippen LogP contribution is -2.47. The molecular weight excluding hydrogens is 300 g/mol. The molecule has 1 aromatic carbocycles. The van der Waals surface area contributed by atoms with E-state index in [1.54, 1.807) is 6.20 Å². The van der Waals surface area contributed by atoms with Crippen LogP contribution in [-0.2, 0) is 6.54 Å². The van der Waals surface area contributed by atoms with Crippen molar-refractivity contribution in [1.29, 1.82) is 0 Å². The Labute approximate surface area is 143 Å². The van der Waals surface area contributed by atoms with Crippen LogP contribution < -0.4 is 10.2 Å². The van der Waals surface area contributed by atoms with Gasteiger partial charge in [-0.25, -0.2) is 4.79 Å². The Morgan fingerprint density at radius 1 is 1.25 bits per heavy atom. The third-order valence-corrected chi connectivity index (χ3v) is 4.55. The van der Waals surface area contributed by atoms with Crippen molar-refractivity contribution in [2.75, 3.05) is 18.5 Å². The number of carbonyl (C=O) groups is 1. The van der Waals surface area contributed by atoms with Gasteiger partial charge in [0.15, 0.2) is 0 Å². The molecule has 5 nitrogen and oxygen atoms in total. The Kier molecular flexibility index (Phi) is 4.69. The Hall–Kier alpha value is -2.56. The second-order valence-electron chi connectivity index (χ2n) is 6.41. The zero-order valence-corrected chi connectivity index (χ0v) is 14.4. The fourth-order valence-corrected chi connectivity index (χ4v) is 3.20. The van der Waals surface area contributed by atoms with E-state index >= 15 is 0 Å². The van der Waals surface area contributed by atoms with Gasteiger partial charge in [0.25, 0.3) is 0 Å². The summed E-state index contributed by atoms with van der Waals surface area (Å²) < 4.78 is 0. The molecule has 126 valence electrons. The minimum atomic E-state index is -0.123. The molecule has 2 atom stereocenters. The van der Waals surface area contributed by atoms with Gasteiger partial charge in [-0.2, -0.15) is 0 Å². The monoisotopic (exact) mass is 324 g/mol. The topological polar surface area (TPSA) is 48.5 Å². The summed E-state index contributed by atoms with van der Waals surface area (Å²) in [5.41, 5.74) is 3.23. The number of fused-ring (bicyclic) bond motifs is 1. The highest BCUT2D eigenvalue weighted by atomic mass is 16.2. The molecule has 2 amide bonds. The molecule has 0 saturated carbocycles. The van der Waals surface area contributed by atoms with E-state index in [0.717, 1.165) is 12.2 Å². The summed E-state index contributed by atoms with van der Waals surface area (Å²) in [7, 11) is 2.08. The summed E-state index contributed by atoms with van der Waals surface area (Å²) in [5.74, 6) is 0. The predicted octanol–water partition coefficient (Wildman–Crippen LogP) is 3.19. The van der Waals surface area contributed by atoms with Gasteiger partial charge in [0.2, 0.25) is 0 Å². The van der Waals surface area contributed by atoms with Gasteiger partial charge in [-0.15, -0.1) is 0 Å². The molecular formula is C19H24N4O. The Morgan fingerprint density at radius 2 is 2.00 bits per heavy atom. The van der Waals surface area contributed by atoms with Gasteiger partial charge < -0.3 is 15.1 Å². The van der Waals surface area contributed by atoms with Gasteiger partial charge in [0.05, 0.1) is 11.7 Å². The molecule has 1 N–H and O–H groups in total. The number of nitrogens with zero attached hydrogens (tertiary/aromatic N) is 3. The van der Waals surface area contributed by atoms with Crippen LogP contribution in [0.4, 0.5) is 10.5 Å². The fourth-order valence-electron chi connectivity index (χ4n) is 3.20. The lowest BCUT2D eigenvalue weighted by atomic mass is 10.1. The maximum absolute atomic E-state index is 12.8. The summed E-state index contributed by atoms with van der Waals surface area (Å²) in [5, 5.41) is 3.08. The first-order valence-corrected chi connectivity index (χ1v) is 8.33. The number of likely N-dealkylation sites (N-methyl/N-ethyl adjacent to an activating group) is 1. The molecule has 5 heteroatoms. The van der Waals surface area contributed by atoms with Crippen molar-refractivity contribution in [3.63, 3.8) is 0 Å². The predicted molar refractivity (Wildman–Crippen MR) is 95.9 cm³/mol. The van der Waals surface area contributed by atoms with Crippen LogP contribution in [0.5, 0.6) is 0 Å². The Morgan fingerprint density at radius 3 is 2.75 bits per heavy atom. The number of hydrogen-bond acceptors (Lipinski definition) is 3. The maximum atomic E-state index is 12.8. The smallest absolute Gasteiger partial charge is 0.318 e. The van der Waals surface area contributed by atoms with Crippen molar-refractivity contribution >= 4 is 11.7 Å². The van der Waals surface area contributed by atoms with Gasteiger partial charge >= 0.3 is 6.03 Å². The molecule has 0 saturated heterocycles. The number of carbonyl (C=O) groups excluding carboxylic acids is 1. The quantitative estimate of drug-likeness (QED) is 0.923. The van der Waals surface area contributed by atoms with Crippen LogP contribution in [0.1, 0.15) is 31.1 Å². The van der Waals surface area contributed by atoms with Crippen LogP contribution in [0.3, 0.4) is 0 Å². The molecule has 0 radical (unpaired) electrons. The molecule has 2 aromatic rings. The lowest BCUT2D eigenvalue weighted by molar-refractivity contribution is 0.175. The number of benzene rings is 1. The van der Waals surface area contributed by atoms with Crippen molar-refractivity contribution in [1.82, 2.24) is 15.2 Å². The third-order valence-electron chi connectivity index (χ3n) is 4.55. The normalized spacial score (nSPS) is 18.5. The first-order chi connectivity index (χ1) is 11.6.